The fraction of sp³-hybridized carbons (Fsp3) is 0.367. The quantitative estimate of drug-likeness (QED) is 0.290. The Bertz CT molecular complexity index is 1770. The first-order chi connectivity index (χ1) is 20.2. The topological polar surface area (TPSA) is 74.6 Å². The van der Waals surface area contributed by atoms with Crippen molar-refractivity contribution in [1.29, 1.82) is 0 Å². The lowest BCUT2D eigenvalue weighted by Crippen LogP contribution is -2.43. The molecule has 0 saturated carbocycles. The van der Waals surface area contributed by atoms with E-state index in [-0.39, 0.29) is 69.5 Å². The lowest BCUT2D eigenvalue weighted by Gasteiger charge is -2.31. The monoisotopic (exact) mass is 583 g/mol. The second kappa shape index (κ2) is 10.0. The van der Waals surface area contributed by atoms with Crippen LogP contribution in [0, 0.1) is 17.5 Å². The predicted molar refractivity (Wildman–Crippen MR) is 146 cm³/mol. The summed E-state index contributed by atoms with van der Waals surface area (Å²) < 4.78 is 80.2. The number of aromatic hydroxyl groups is 1. The molecule has 0 spiro atoms. The molecule has 3 aliphatic rings. The molecule has 2 fully saturated rings. The van der Waals surface area contributed by atoms with Crippen LogP contribution >= 0.6 is 0 Å². The third-order valence-corrected chi connectivity index (χ3v) is 8.53. The number of aromatic nitrogens is 3. The van der Waals surface area contributed by atoms with E-state index in [2.05, 4.69) is 19.9 Å². The highest BCUT2D eigenvalue weighted by molar-refractivity contribution is 6.00. The van der Waals surface area contributed by atoms with E-state index in [0.29, 0.717) is 25.9 Å². The Balaban J connectivity index is 1.37. The minimum atomic E-state index is -1.21. The average molecular weight is 584 g/mol. The molecule has 0 radical (unpaired) electrons. The molecule has 12 heteroatoms. The highest BCUT2D eigenvalue weighted by Gasteiger charge is 2.49. The fourth-order valence-electron chi connectivity index (χ4n) is 6.61. The van der Waals surface area contributed by atoms with E-state index in [0.717, 1.165) is 31.5 Å². The van der Waals surface area contributed by atoms with Gasteiger partial charge in [-0.25, -0.2) is 22.0 Å². The molecule has 7 rings (SSSR count). The van der Waals surface area contributed by atoms with Gasteiger partial charge in [0.25, 0.3) is 0 Å². The van der Waals surface area contributed by atoms with Gasteiger partial charge in [0.15, 0.2) is 17.5 Å². The Hall–Kier alpha value is -4.06. The van der Waals surface area contributed by atoms with Crippen LogP contribution in [-0.2, 0) is 0 Å². The van der Waals surface area contributed by atoms with Crippen molar-refractivity contribution in [3.05, 3.63) is 59.8 Å². The first kappa shape index (κ1) is 26.8. The van der Waals surface area contributed by atoms with E-state index in [1.807, 2.05) is 0 Å². The molecular formula is C30H26F5N5O2. The second-order valence-electron chi connectivity index (χ2n) is 11.2. The number of phenolic OH excluding ortho intramolecular Hbond substituents is 1. The SMILES string of the molecule is Oc1cc(-c2ncc3c(N4CCC=C(F)C4)nc(OC[C@@]45CCCN4C[C@H](F)C5)nc3c2F)c2c(F)c(F)ccc2c1. The van der Waals surface area contributed by atoms with Crippen molar-refractivity contribution in [3.63, 3.8) is 0 Å². The predicted octanol–water partition coefficient (Wildman–Crippen LogP) is 5.99. The van der Waals surface area contributed by atoms with E-state index in [1.165, 1.54) is 24.4 Å². The molecule has 4 aromatic rings. The minimum absolute atomic E-state index is 0.0911. The summed E-state index contributed by atoms with van der Waals surface area (Å²) in [4.78, 5) is 16.8. The molecule has 5 heterocycles. The minimum Gasteiger partial charge on any atom is -0.508 e. The third-order valence-electron chi connectivity index (χ3n) is 8.53. The molecule has 2 aromatic heterocycles. The number of nitrogens with zero attached hydrogens (tertiary/aromatic N) is 5. The van der Waals surface area contributed by atoms with Crippen LogP contribution in [-0.4, -0.2) is 69.5 Å². The summed E-state index contributed by atoms with van der Waals surface area (Å²) in [6.45, 7) is 1.47. The fourth-order valence-corrected chi connectivity index (χ4v) is 6.61. The van der Waals surface area contributed by atoms with Crippen LogP contribution in [0.5, 0.6) is 11.8 Å². The van der Waals surface area contributed by atoms with Gasteiger partial charge in [0.05, 0.1) is 17.5 Å². The smallest absolute Gasteiger partial charge is 0.319 e. The summed E-state index contributed by atoms with van der Waals surface area (Å²) >= 11 is 0. The zero-order valence-corrected chi connectivity index (χ0v) is 22.4. The maximum Gasteiger partial charge on any atom is 0.319 e. The molecule has 0 bridgehead atoms. The molecule has 0 amide bonds. The number of hydrogen-bond donors (Lipinski definition) is 1. The number of anilines is 1. The van der Waals surface area contributed by atoms with Crippen molar-refractivity contribution in [2.45, 2.75) is 37.4 Å². The average Bonchev–Trinajstić information content (AvgIpc) is 3.49. The van der Waals surface area contributed by atoms with Crippen LogP contribution in [0.2, 0.25) is 0 Å². The lowest BCUT2D eigenvalue weighted by atomic mass is 9.95. The lowest BCUT2D eigenvalue weighted by molar-refractivity contribution is 0.107. The number of alkyl halides is 1. The number of hydrogen-bond acceptors (Lipinski definition) is 7. The number of fused-ring (bicyclic) bond motifs is 3. The standard InChI is InChI=1S/C30H26F5N5O2/c31-17-3-1-7-39(13-17)28-21-12-36-26(20-10-19(41)9-16-4-5-22(33)24(34)23(16)20)25(35)27(21)37-29(38-28)42-15-30-6-2-8-40(30)14-18(32)11-30/h3-5,9-10,12,18,41H,1-2,6-8,11,13-15H2/t18-,30+/m1/s1. The zero-order chi connectivity index (χ0) is 29.2. The van der Waals surface area contributed by atoms with Crippen molar-refractivity contribution in [2.24, 2.45) is 0 Å². The van der Waals surface area contributed by atoms with Crippen LogP contribution in [0.25, 0.3) is 32.9 Å². The van der Waals surface area contributed by atoms with Crippen LogP contribution in [0.1, 0.15) is 25.7 Å². The van der Waals surface area contributed by atoms with Gasteiger partial charge in [-0.3, -0.25) is 9.88 Å². The van der Waals surface area contributed by atoms with Crippen LogP contribution in [0.15, 0.2) is 42.4 Å². The van der Waals surface area contributed by atoms with Gasteiger partial charge < -0.3 is 14.7 Å². The highest BCUT2D eigenvalue weighted by atomic mass is 19.2. The molecule has 218 valence electrons. The van der Waals surface area contributed by atoms with Crippen LogP contribution in [0.3, 0.4) is 0 Å². The van der Waals surface area contributed by atoms with Crippen molar-refractivity contribution in [3.8, 4) is 23.0 Å². The summed E-state index contributed by atoms with van der Waals surface area (Å²) in [6.07, 6.45) is 4.14. The molecule has 2 saturated heterocycles. The van der Waals surface area contributed by atoms with Crippen LogP contribution < -0.4 is 9.64 Å². The maximum atomic E-state index is 16.4. The molecular weight excluding hydrogens is 557 g/mol. The van der Waals surface area contributed by atoms with Crippen molar-refractivity contribution < 1.29 is 31.8 Å². The Morgan fingerprint density at radius 2 is 1.93 bits per heavy atom. The maximum absolute atomic E-state index is 16.4. The number of ether oxygens (including phenoxy) is 1. The molecule has 0 aliphatic carbocycles. The van der Waals surface area contributed by atoms with Gasteiger partial charge in [-0.1, -0.05) is 6.07 Å². The molecule has 2 aromatic carbocycles. The van der Waals surface area contributed by atoms with Gasteiger partial charge in [-0.05, 0) is 55.5 Å². The normalized spacial score (nSPS) is 22.6. The first-order valence-corrected chi connectivity index (χ1v) is 13.8. The van der Waals surface area contributed by atoms with E-state index in [4.69, 9.17) is 4.74 Å². The third kappa shape index (κ3) is 4.39. The number of halogens is 5. The largest absolute Gasteiger partial charge is 0.508 e. The summed E-state index contributed by atoms with van der Waals surface area (Å²) in [6, 6.07) is 4.36. The number of pyridine rings is 1. The second-order valence-corrected chi connectivity index (χ2v) is 11.2. The van der Waals surface area contributed by atoms with E-state index in [1.54, 1.807) is 4.90 Å². The van der Waals surface area contributed by atoms with Crippen LogP contribution in [0.4, 0.5) is 27.8 Å². The van der Waals surface area contributed by atoms with Crippen molar-refractivity contribution >= 4 is 27.5 Å². The Kier molecular flexibility index (Phi) is 6.41. The van der Waals surface area contributed by atoms with Crippen molar-refractivity contribution in [1.82, 2.24) is 19.9 Å². The Morgan fingerprint density at radius 3 is 2.76 bits per heavy atom. The summed E-state index contributed by atoms with van der Waals surface area (Å²) in [5.74, 6) is -3.80. The van der Waals surface area contributed by atoms with Gasteiger partial charge in [0, 0.05) is 36.7 Å². The van der Waals surface area contributed by atoms with E-state index >= 15 is 4.39 Å². The van der Waals surface area contributed by atoms with Gasteiger partial charge >= 0.3 is 6.01 Å². The van der Waals surface area contributed by atoms with Gasteiger partial charge in [0.2, 0.25) is 0 Å². The molecule has 2 atom stereocenters. The first-order valence-electron chi connectivity index (χ1n) is 13.8. The Morgan fingerprint density at radius 1 is 1.07 bits per heavy atom. The molecule has 3 aliphatic heterocycles. The number of phenols is 1. The van der Waals surface area contributed by atoms with E-state index < -0.39 is 29.2 Å². The van der Waals surface area contributed by atoms with Gasteiger partial charge in [-0.2, -0.15) is 9.97 Å². The molecule has 7 nitrogen and oxygen atoms in total. The summed E-state index contributed by atoms with van der Waals surface area (Å²) in [7, 11) is 0. The summed E-state index contributed by atoms with van der Waals surface area (Å²) in [5, 5.41) is 10.4. The highest BCUT2D eigenvalue weighted by Crippen LogP contribution is 2.41. The molecule has 0 unspecified atom stereocenters. The van der Waals surface area contributed by atoms with Gasteiger partial charge in [-0.15, -0.1) is 0 Å². The van der Waals surface area contributed by atoms with E-state index in [9.17, 15) is 22.7 Å². The summed E-state index contributed by atoms with van der Waals surface area (Å²) in [5.41, 5.74) is -1.28. The molecule has 42 heavy (non-hydrogen) atoms. The zero-order valence-electron chi connectivity index (χ0n) is 22.4. The van der Waals surface area contributed by atoms with Crippen molar-refractivity contribution in [2.75, 3.05) is 37.7 Å². The van der Waals surface area contributed by atoms with Gasteiger partial charge in [0.1, 0.15) is 41.4 Å². The Labute approximate surface area is 237 Å². The molecule has 1 N–H and O–H groups in total. The number of benzene rings is 2. The number of rotatable bonds is 5.